The van der Waals surface area contributed by atoms with Crippen molar-refractivity contribution in [2.75, 3.05) is 59.7 Å². The van der Waals surface area contributed by atoms with E-state index in [0.717, 1.165) is 57.1 Å². The monoisotopic (exact) mass is 1010 g/mol. The van der Waals surface area contributed by atoms with Gasteiger partial charge in [-0.2, -0.15) is 26.3 Å². The van der Waals surface area contributed by atoms with Crippen LogP contribution in [0.25, 0.3) is 4.85 Å². The molecule has 0 N–H and O–H groups in total. The van der Waals surface area contributed by atoms with Crippen LogP contribution in [-0.4, -0.2) is 105 Å². The number of aryl methyl sites for hydroxylation is 1. The summed E-state index contributed by atoms with van der Waals surface area (Å²) in [4.78, 5) is 5.04. The number of likely N-dealkylation sites (N-methyl/N-ethyl adjacent to an activating group) is 1. The normalized spacial score (nSPS) is 24.1. The van der Waals surface area contributed by atoms with E-state index in [-0.39, 0.29) is 65.6 Å². The van der Waals surface area contributed by atoms with E-state index < -0.39 is 33.1 Å². The molecule has 57 heavy (non-hydrogen) atoms. The SMILES string of the molecule is [C-]#[N+]CCOP(OCCCCOc1ccc2c(c1)CCC1C2CC[C@@]2(C)C1CC[C@@H]2OCCN(C)CCOC(C)(C(F)(F)F)C(F)(F)F)N(C(C)C)C(C)C.[CH3-].[W]. The largest absolute Gasteiger partial charge is 0.494 e. The molecule has 3 aliphatic rings. The van der Waals surface area contributed by atoms with E-state index in [0.29, 0.717) is 57.3 Å². The first-order valence-corrected chi connectivity index (χ1v) is 21.0. The van der Waals surface area contributed by atoms with Gasteiger partial charge in [0.05, 0.1) is 32.5 Å². The van der Waals surface area contributed by atoms with Crippen LogP contribution in [0.1, 0.15) is 104 Å². The Morgan fingerprint density at radius 3 is 2.16 bits per heavy atom. The average molecular weight is 1010 g/mol. The molecule has 0 aliphatic heterocycles. The summed E-state index contributed by atoms with van der Waals surface area (Å²) in [5.74, 6) is 2.50. The summed E-state index contributed by atoms with van der Waals surface area (Å²) in [6, 6.07) is 7.13. The number of ether oxygens (including phenoxy) is 3. The first kappa shape index (κ1) is 52.1. The van der Waals surface area contributed by atoms with Crippen LogP contribution in [0.15, 0.2) is 18.2 Å². The smallest absolute Gasteiger partial charge is 0.426 e. The van der Waals surface area contributed by atoms with Crippen LogP contribution in [0.5, 0.6) is 5.75 Å². The van der Waals surface area contributed by atoms with Gasteiger partial charge in [0.1, 0.15) is 12.4 Å². The third kappa shape index (κ3) is 13.0. The molecule has 0 aromatic heterocycles. The van der Waals surface area contributed by atoms with E-state index >= 15 is 0 Å². The van der Waals surface area contributed by atoms with Crippen LogP contribution >= 0.6 is 8.53 Å². The second-order valence-corrected chi connectivity index (χ2v) is 17.8. The van der Waals surface area contributed by atoms with Crippen molar-refractivity contribution in [3.05, 3.63) is 48.2 Å². The summed E-state index contributed by atoms with van der Waals surface area (Å²) in [6.07, 6.45) is -3.09. The maximum Gasteiger partial charge on any atom is 0.426 e. The Morgan fingerprint density at radius 1 is 0.895 bits per heavy atom. The molecule has 2 fully saturated rings. The van der Waals surface area contributed by atoms with Crippen LogP contribution in [0.4, 0.5) is 26.3 Å². The topological polar surface area (TPSA) is 57.0 Å². The third-order valence-corrected chi connectivity index (χ3v) is 14.1. The van der Waals surface area contributed by atoms with Crippen LogP contribution in [0.3, 0.4) is 0 Å². The first-order valence-electron chi connectivity index (χ1n) is 19.8. The van der Waals surface area contributed by atoms with Gasteiger partial charge in [-0.3, -0.25) is 0 Å². The van der Waals surface area contributed by atoms with Gasteiger partial charge in [0.2, 0.25) is 6.54 Å². The zero-order valence-corrected chi connectivity index (χ0v) is 38.8. The number of benzene rings is 1. The van der Waals surface area contributed by atoms with Crippen LogP contribution in [-0.2, 0) is 46.0 Å². The number of nitrogens with zero attached hydrogens (tertiary/aromatic N) is 3. The van der Waals surface area contributed by atoms with Gasteiger partial charge in [0.15, 0.2) is 0 Å². The van der Waals surface area contributed by atoms with Crippen molar-refractivity contribution >= 4 is 8.53 Å². The molecule has 0 saturated heterocycles. The summed E-state index contributed by atoms with van der Waals surface area (Å²) in [6.45, 7) is 19.7. The third-order valence-electron chi connectivity index (χ3n) is 12.0. The van der Waals surface area contributed by atoms with Gasteiger partial charge in [0.25, 0.3) is 14.1 Å². The van der Waals surface area contributed by atoms with Gasteiger partial charge in [-0.1, -0.05) is 13.0 Å². The van der Waals surface area contributed by atoms with Crippen molar-refractivity contribution in [1.29, 1.82) is 0 Å². The molecule has 4 rings (SSSR count). The van der Waals surface area contributed by atoms with Crippen molar-refractivity contribution in [3.63, 3.8) is 0 Å². The maximum absolute atomic E-state index is 13.1. The van der Waals surface area contributed by atoms with E-state index in [1.165, 1.54) is 11.1 Å². The average Bonchev–Trinajstić information content (AvgIpc) is 3.44. The Labute approximate surface area is 353 Å². The van der Waals surface area contributed by atoms with Crippen molar-refractivity contribution in [2.45, 2.75) is 135 Å². The Kier molecular flexibility index (Phi) is 20.8. The number of unbranched alkanes of at least 4 members (excludes halogenated alkanes) is 1. The molecule has 16 heteroatoms. The summed E-state index contributed by atoms with van der Waals surface area (Å²) in [7, 11) is 0.409. The number of hydrogen-bond donors (Lipinski definition) is 0. The van der Waals surface area contributed by atoms with Crippen LogP contribution in [0, 0.1) is 31.2 Å². The molecule has 3 aliphatic carbocycles. The molecule has 0 radical (unpaired) electrons. The minimum atomic E-state index is -5.57. The molecule has 8 nitrogen and oxygen atoms in total. The maximum atomic E-state index is 13.1. The van der Waals surface area contributed by atoms with Gasteiger partial charge in [-0.15, -0.1) is 0 Å². The molecule has 2 saturated carbocycles. The minimum Gasteiger partial charge on any atom is -0.494 e. The van der Waals surface area contributed by atoms with E-state index in [2.05, 4.69) is 67.1 Å². The molecule has 0 bridgehead atoms. The second kappa shape index (κ2) is 22.7. The van der Waals surface area contributed by atoms with Crippen LogP contribution < -0.4 is 4.74 Å². The van der Waals surface area contributed by atoms with Crippen LogP contribution in [0.2, 0.25) is 0 Å². The Morgan fingerprint density at radius 2 is 1.53 bits per heavy atom. The van der Waals surface area contributed by atoms with Crippen molar-refractivity contribution in [3.8, 4) is 5.75 Å². The zero-order valence-electron chi connectivity index (χ0n) is 35.0. The second-order valence-electron chi connectivity index (χ2n) is 16.3. The van der Waals surface area contributed by atoms with E-state index in [1.54, 1.807) is 11.9 Å². The van der Waals surface area contributed by atoms with E-state index in [4.69, 9.17) is 25.1 Å². The predicted octanol–water partition coefficient (Wildman–Crippen LogP) is 10.7. The predicted molar refractivity (Wildman–Crippen MR) is 208 cm³/mol. The quantitative estimate of drug-likeness (QED) is 0.0526. The number of fused-ring (bicyclic) bond motifs is 5. The van der Waals surface area contributed by atoms with Gasteiger partial charge >= 0.3 is 12.4 Å². The molecular formula is C41H65F6N3O5PW-. The molecule has 0 spiro atoms. The molecule has 328 valence electrons. The Balaban J connectivity index is 0.00000561. The fourth-order valence-corrected chi connectivity index (χ4v) is 10.5. The first-order chi connectivity index (χ1) is 25.8. The molecule has 1 aromatic rings. The van der Waals surface area contributed by atoms with Gasteiger partial charge < -0.3 is 40.4 Å². The summed E-state index contributed by atoms with van der Waals surface area (Å²) in [5.41, 5.74) is -1.37. The summed E-state index contributed by atoms with van der Waals surface area (Å²) >= 11 is 0. The molecule has 6 atom stereocenters. The molecular weight excluding hydrogens is 943 g/mol. The Bertz CT molecular complexity index is 1380. The fraction of sp³-hybridized carbons (Fsp3) is 0.805. The fourth-order valence-electron chi connectivity index (χ4n) is 8.91. The van der Waals surface area contributed by atoms with Crippen molar-refractivity contribution < 1.29 is 70.7 Å². The van der Waals surface area contributed by atoms with E-state index in [1.807, 2.05) is 0 Å². The Hall–Kier alpha value is -1.03. The van der Waals surface area contributed by atoms with Gasteiger partial charge in [0, 0.05) is 46.2 Å². The number of hydrogen-bond acceptors (Lipinski definition) is 7. The van der Waals surface area contributed by atoms with Gasteiger partial charge in [-0.25, -0.2) is 11.2 Å². The standard InChI is InChI=1S/C40H62F6N3O5P.CH3.W/c1-28(2)49(29(3)4)55(54-24-19-47-7)53-23-10-9-22-50-31-12-14-32-30(27-31)11-13-34-33(32)17-18-37(5)35(34)15-16-36(37)51-25-20-48(8)21-26-52-38(6,39(41,42)43)40(44,45)46;;/h12,14,27-29,33-36H,9-11,13,15-26H2,1-6,8H3;1H3;/q;-1;/t33?,34?,35?,36-,37-,55?;;/m0../s1. The zero-order chi connectivity index (χ0) is 40.6. The van der Waals surface area contributed by atoms with E-state index in [9.17, 15) is 26.3 Å². The van der Waals surface area contributed by atoms with Gasteiger partial charge in [-0.05, 0) is 139 Å². The summed E-state index contributed by atoms with van der Waals surface area (Å²) < 4.78 is 110. The number of halogens is 6. The molecule has 0 heterocycles. The number of alkyl halides is 6. The molecule has 4 unspecified atom stereocenters. The number of rotatable bonds is 21. The molecule has 0 amide bonds. The van der Waals surface area contributed by atoms with Crippen molar-refractivity contribution in [1.82, 2.24) is 9.57 Å². The summed E-state index contributed by atoms with van der Waals surface area (Å²) in [5, 5.41) is 0. The minimum absolute atomic E-state index is 0. The molecule has 1 aromatic carbocycles. The van der Waals surface area contributed by atoms with Crippen molar-refractivity contribution in [2.24, 2.45) is 17.3 Å².